The van der Waals surface area contributed by atoms with Gasteiger partial charge in [-0.25, -0.2) is 0 Å². The Kier molecular flexibility index (Phi) is 6.20. The Balaban J connectivity index is 1.27. The molecule has 0 fully saturated rings. The molecule has 0 aromatic heterocycles. The summed E-state index contributed by atoms with van der Waals surface area (Å²) >= 11 is 0. The molecule has 0 aliphatic carbocycles. The lowest BCUT2D eigenvalue weighted by atomic mass is 9.93. The van der Waals surface area contributed by atoms with Gasteiger partial charge >= 0.3 is 0 Å². The van der Waals surface area contributed by atoms with Gasteiger partial charge in [0.1, 0.15) is 0 Å². The number of hydrogen-bond acceptors (Lipinski definition) is 1. The molecule has 1 nitrogen and oxygen atoms in total. The van der Waals surface area contributed by atoms with Crippen molar-refractivity contribution in [3.05, 3.63) is 176 Å². The third-order valence-electron chi connectivity index (χ3n) is 8.44. The molecule has 0 saturated heterocycles. The largest absolute Gasteiger partial charge is 0.310 e. The number of benzene rings is 8. The SMILES string of the molecule is c1ccc(-c2ccc(N(c3ccc(-c4cc5ccccc5c5ccccc45)cc3)c3cccc4ccccc34)cc2)cc1. The Labute approximate surface area is 251 Å². The molecular weight excluding hydrogens is 518 g/mol. The Hall–Kier alpha value is -5.66. The van der Waals surface area contributed by atoms with E-state index in [9.17, 15) is 0 Å². The molecule has 0 spiro atoms. The molecule has 0 bridgehead atoms. The summed E-state index contributed by atoms with van der Waals surface area (Å²) in [7, 11) is 0. The van der Waals surface area contributed by atoms with Crippen molar-refractivity contribution in [2.45, 2.75) is 0 Å². The molecule has 0 unspecified atom stereocenters. The predicted octanol–water partition coefficient (Wildman–Crippen LogP) is 11.9. The van der Waals surface area contributed by atoms with E-state index in [-0.39, 0.29) is 0 Å². The van der Waals surface area contributed by atoms with Crippen LogP contribution in [0.1, 0.15) is 0 Å². The van der Waals surface area contributed by atoms with E-state index in [1.807, 2.05) is 0 Å². The van der Waals surface area contributed by atoms with Crippen molar-refractivity contribution in [1.82, 2.24) is 0 Å². The Bertz CT molecular complexity index is 2210. The molecule has 0 N–H and O–H groups in total. The Morgan fingerprint density at radius 1 is 0.302 bits per heavy atom. The molecule has 0 amide bonds. The first-order chi connectivity index (χ1) is 21.3. The summed E-state index contributed by atoms with van der Waals surface area (Å²) in [5.41, 5.74) is 8.30. The van der Waals surface area contributed by atoms with Gasteiger partial charge in [-0.3, -0.25) is 0 Å². The number of hydrogen-bond donors (Lipinski definition) is 0. The second kappa shape index (κ2) is 10.6. The van der Waals surface area contributed by atoms with Crippen LogP contribution in [0, 0.1) is 0 Å². The van der Waals surface area contributed by atoms with Crippen molar-refractivity contribution in [2.24, 2.45) is 0 Å². The molecule has 43 heavy (non-hydrogen) atoms. The van der Waals surface area contributed by atoms with Crippen LogP contribution in [-0.2, 0) is 0 Å². The molecule has 0 saturated carbocycles. The third-order valence-corrected chi connectivity index (χ3v) is 8.44. The zero-order valence-electron chi connectivity index (χ0n) is 23.7. The van der Waals surface area contributed by atoms with Crippen molar-refractivity contribution < 1.29 is 0 Å². The first kappa shape index (κ1) is 25.1. The van der Waals surface area contributed by atoms with Gasteiger partial charge in [0.05, 0.1) is 5.69 Å². The number of nitrogens with zero attached hydrogens (tertiary/aromatic N) is 1. The number of anilines is 3. The Morgan fingerprint density at radius 2 is 0.814 bits per heavy atom. The number of rotatable bonds is 5. The molecule has 202 valence electrons. The van der Waals surface area contributed by atoms with E-state index in [2.05, 4.69) is 181 Å². The minimum Gasteiger partial charge on any atom is -0.310 e. The van der Waals surface area contributed by atoms with Gasteiger partial charge in [-0.1, -0.05) is 140 Å². The molecular formula is C42H29N. The fraction of sp³-hybridized carbons (Fsp3) is 0. The van der Waals surface area contributed by atoms with Crippen LogP contribution in [0.5, 0.6) is 0 Å². The minimum atomic E-state index is 1.12. The summed E-state index contributed by atoms with van der Waals surface area (Å²) in [6.45, 7) is 0. The summed E-state index contributed by atoms with van der Waals surface area (Å²) in [6, 6.07) is 63.4. The topological polar surface area (TPSA) is 3.24 Å². The third kappa shape index (κ3) is 4.52. The molecule has 0 aliphatic rings. The van der Waals surface area contributed by atoms with Crippen molar-refractivity contribution in [3.63, 3.8) is 0 Å². The van der Waals surface area contributed by atoms with Gasteiger partial charge in [-0.05, 0) is 85.6 Å². The van der Waals surface area contributed by atoms with E-state index in [1.54, 1.807) is 0 Å². The van der Waals surface area contributed by atoms with Crippen LogP contribution in [0.15, 0.2) is 176 Å². The highest BCUT2D eigenvalue weighted by Crippen LogP contribution is 2.41. The van der Waals surface area contributed by atoms with Crippen molar-refractivity contribution >= 4 is 49.4 Å². The smallest absolute Gasteiger partial charge is 0.0540 e. The van der Waals surface area contributed by atoms with E-state index >= 15 is 0 Å². The average Bonchev–Trinajstić information content (AvgIpc) is 3.09. The zero-order chi connectivity index (χ0) is 28.6. The van der Waals surface area contributed by atoms with Crippen LogP contribution >= 0.6 is 0 Å². The zero-order valence-corrected chi connectivity index (χ0v) is 23.7. The van der Waals surface area contributed by atoms with E-state index in [0.717, 1.165) is 17.1 Å². The van der Waals surface area contributed by atoms with Crippen LogP contribution in [0.25, 0.3) is 54.6 Å². The lowest BCUT2D eigenvalue weighted by Gasteiger charge is -2.27. The predicted molar refractivity (Wildman–Crippen MR) is 185 cm³/mol. The van der Waals surface area contributed by atoms with Gasteiger partial charge in [0, 0.05) is 16.8 Å². The maximum Gasteiger partial charge on any atom is 0.0540 e. The molecule has 1 heteroatoms. The highest BCUT2D eigenvalue weighted by molar-refractivity contribution is 6.13. The molecule has 8 rings (SSSR count). The molecule has 0 heterocycles. The lowest BCUT2D eigenvalue weighted by Crippen LogP contribution is -2.10. The second-order valence-corrected chi connectivity index (χ2v) is 11.0. The number of fused-ring (bicyclic) bond motifs is 4. The molecule has 0 atom stereocenters. The summed E-state index contributed by atoms with van der Waals surface area (Å²) in [4.78, 5) is 2.37. The van der Waals surface area contributed by atoms with Crippen LogP contribution in [0.3, 0.4) is 0 Å². The van der Waals surface area contributed by atoms with Gasteiger partial charge in [0.25, 0.3) is 0 Å². The highest BCUT2D eigenvalue weighted by Gasteiger charge is 2.16. The normalized spacial score (nSPS) is 11.3. The van der Waals surface area contributed by atoms with Crippen LogP contribution in [-0.4, -0.2) is 0 Å². The van der Waals surface area contributed by atoms with E-state index in [1.165, 1.54) is 54.6 Å². The summed E-state index contributed by atoms with van der Waals surface area (Å²) in [5.74, 6) is 0. The maximum absolute atomic E-state index is 2.37. The first-order valence-electron chi connectivity index (χ1n) is 14.8. The van der Waals surface area contributed by atoms with E-state index in [4.69, 9.17) is 0 Å². The van der Waals surface area contributed by atoms with Gasteiger partial charge in [-0.15, -0.1) is 0 Å². The van der Waals surface area contributed by atoms with Crippen LogP contribution < -0.4 is 4.90 Å². The summed E-state index contributed by atoms with van der Waals surface area (Å²) in [5, 5.41) is 7.56. The van der Waals surface area contributed by atoms with Crippen molar-refractivity contribution in [2.75, 3.05) is 4.90 Å². The Morgan fingerprint density at radius 3 is 1.53 bits per heavy atom. The standard InChI is InChI=1S/C42H29N/c1-2-11-30(12-3-1)31-21-25-35(26-22-31)43(42-20-10-15-32-13-4-7-17-38(32)42)36-27-23-33(24-28-36)41-29-34-14-5-6-16-37(34)39-18-8-9-19-40(39)41/h1-29H. The molecule has 0 radical (unpaired) electrons. The minimum absolute atomic E-state index is 1.12. The van der Waals surface area contributed by atoms with Crippen molar-refractivity contribution in [3.8, 4) is 22.3 Å². The van der Waals surface area contributed by atoms with Gasteiger partial charge in [0.2, 0.25) is 0 Å². The van der Waals surface area contributed by atoms with Gasteiger partial charge < -0.3 is 4.90 Å². The van der Waals surface area contributed by atoms with Gasteiger partial charge in [-0.2, -0.15) is 0 Å². The fourth-order valence-corrected chi connectivity index (χ4v) is 6.35. The summed E-state index contributed by atoms with van der Waals surface area (Å²) in [6.07, 6.45) is 0. The summed E-state index contributed by atoms with van der Waals surface area (Å²) < 4.78 is 0. The maximum atomic E-state index is 2.37. The lowest BCUT2D eigenvalue weighted by molar-refractivity contribution is 1.30. The van der Waals surface area contributed by atoms with E-state index in [0.29, 0.717) is 0 Å². The average molecular weight is 548 g/mol. The second-order valence-electron chi connectivity index (χ2n) is 11.0. The quantitative estimate of drug-likeness (QED) is 0.194. The molecule has 0 aliphatic heterocycles. The monoisotopic (exact) mass is 547 g/mol. The van der Waals surface area contributed by atoms with Crippen LogP contribution in [0.4, 0.5) is 17.1 Å². The molecule has 8 aromatic carbocycles. The van der Waals surface area contributed by atoms with Crippen molar-refractivity contribution in [1.29, 1.82) is 0 Å². The highest BCUT2D eigenvalue weighted by atomic mass is 15.1. The first-order valence-corrected chi connectivity index (χ1v) is 14.8. The van der Waals surface area contributed by atoms with Crippen LogP contribution in [0.2, 0.25) is 0 Å². The molecule has 8 aromatic rings. The fourth-order valence-electron chi connectivity index (χ4n) is 6.35. The van der Waals surface area contributed by atoms with E-state index < -0.39 is 0 Å². The van der Waals surface area contributed by atoms with Gasteiger partial charge in [0.15, 0.2) is 0 Å².